The van der Waals surface area contributed by atoms with Crippen LogP contribution in [0.4, 0.5) is 23.7 Å². The molecule has 5 aliphatic rings. The third-order valence-electron chi connectivity index (χ3n) is 7.79. The number of hydrogen-bond donors (Lipinski definition) is 1. The molecule has 0 radical (unpaired) electrons. The molecule has 8 heteroatoms. The number of hydrogen-bond acceptors (Lipinski definition) is 3. The number of ether oxygens (including phenoxy) is 1. The zero-order valence-electron chi connectivity index (χ0n) is 16.9. The minimum Gasteiger partial charge on any atom is -0.496 e. The Morgan fingerprint density at radius 3 is 2.77 bits per heavy atom. The number of amides is 2. The van der Waals surface area contributed by atoms with Crippen LogP contribution in [-0.2, 0) is 12.6 Å². The number of methoxy groups -OCH3 is 1. The summed E-state index contributed by atoms with van der Waals surface area (Å²) < 4.78 is 45.4. The van der Waals surface area contributed by atoms with Gasteiger partial charge >= 0.3 is 12.2 Å². The van der Waals surface area contributed by atoms with Gasteiger partial charge in [-0.25, -0.2) is 4.79 Å². The molecule has 0 saturated heterocycles. The van der Waals surface area contributed by atoms with Gasteiger partial charge in [0.05, 0.1) is 12.7 Å². The van der Waals surface area contributed by atoms with Crippen LogP contribution in [0.3, 0.4) is 0 Å². The third kappa shape index (κ3) is 2.69. The quantitative estimate of drug-likeness (QED) is 0.795. The number of alkyl halides is 3. The van der Waals surface area contributed by atoms with Gasteiger partial charge in [0, 0.05) is 30.7 Å². The Morgan fingerprint density at radius 1 is 1.26 bits per heavy atom. The smallest absolute Gasteiger partial charge is 0.420 e. The van der Waals surface area contributed by atoms with E-state index in [2.05, 4.69) is 16.4 Å². The molecule has 2 amide bonds. The summed E-state index contributed by atoms with van der Waals surface area (Å²) >= 11 is 0. The molecule has 4 saturated carbocycles. The number of fused-ring (bicyclic) bond motifs is 1. The molecule has 1 aliphatic heterocycles. The standard InChI is InChI=1S/C23H22F3N3O2/c1-31-17-7-11-4-6-29(16(11)9-15(17)23(24,25)26)22(30)28-21-14-8-13-19(20(13)21)18(14)12-3-2-5-27-10-12/h2-3,5,7,9-10,13-14,18-21H,4,6,8H2,1H3,(H,28,30)/t13-,14+,18-,19?,20?,21+/m1/s1. The van der Waals surface area contributed by atoms with Gasteiger partial charge in [0.25, 0.3) is 0 Å². The molecular weight excluding hydrogens is 407 g/mol. The summed E-state index contributed by atoms with van der Waals surface area (Å²) in [6, 6.07) is 6.29. The number of anilines is 1. The first-order valence-corrected chi connectivity index (χ1v) is 10.6. The van der Waals surface area contributed by atoms with Gasteiger partial charge in [-0.1, -0.05) is 6.07 Å². The number of halogens is 3. The summed E-state index contributed by atoms with van der Waals surface area (Å²) in [6.45, 7) is 0.368. The predicted octanol–water partition coefficient (Wildman–Crippen LogP) is 4.23. The normalized spacial score (nSPS) is 32.2. The predicted molar refractivity (Wildman–Crippen MR) is 107 cm³/mol. The molecule has 162 valence electrons. The van der Waals surface area contributed by atoms with E-state index in [1.165, 1.54) is 23.6 Å². The van der Waals surface area contributed by atoms with Crippen LogP contribution in [0.5, 0.6) is 5.75 Å². The second-order valence-electron chi connectivity index (χ2n) is 9.09. The summed E-state index contributed by atoms with van der Waals surface area (Å²) in [5, 5.41) is 3.19. The van der Waals surface area contributed by atoms with Crippen molar-refractivity contribution in [2.75, 3.05) is 18.6 Å². The van der Waals surface area contributed by atoms with E-state index in [0.29, 0.717) is 53.8 Å². The van der Waals surface area contributed by atoms with Crippen molar-refractivity contribution in [3.8, 4) is 5.75 Å². The van der Waals surface area contributed by atoms with Crippen LogP contribution in [0.25, 0.3) is 0 Å². The van der Waals surface area contributed by atoms with Crippen molar-refractivity contribution in [2.45, 2.75) is 31.0 Å². The van der Waals surface area contributed by atoms with Gasteiger partial charge in [-0.05, 0) is 71.8 Å². The maximum absolute atomic E-state index is 13.5. The Labute approximate surface area is 177 Å². The maximum atomic E-state index is 13.5. The van der Waals surface area contributed by atoms with E-state index in [-0.39, 0.29) is 17.8 Å². The van der Waals surface area contributed by atoms with Crippen LogP contribution in [0, 0.1) is 23.7 Å². The molecule has 1 aromatic carbocycles. The van der Waals surface area contributed by atoms with Crippen molar-refractivity contribution >= 4 is 11.7 Å². The molecule has 4 bridgehead atoms. The number of carbonyl (C=O) groups is 1. The second-order valence-corrected chi connectivity index (χ2v) is 9.09. The molecular formula is C23H22F3N3O2. The van der Waals surface area contributed by atoms with Crippen LogP contribution in [0.2, 0.25) is 0 Å². The molecule has 2 heterocycles. The maximum Gasteiger partial charge on any atom is 0.420 e. The van der Waals surface area contributed by atoms with Crippen molar-refractivity contribution in [3.63, 3.8) is 0 Å². The fraction of sp³-hybridized carbons (Fsp3) is 0.478. The fourth-order valence-electron chi connectivity index (χ4n) is 6.64. The number of pyridine rings is 1. The summed E-state index contributed by atoms with van der Waals surface area (Å²) in [5.41, 5.74) is 1.41. The molecule has 31 heavy (non-hydrogen) atoms. The number of aromatic nitrogens is 1. The van der Waals surface area contributed by atoms with E-state index < -0.39 is 11.7 Å². The Kier molecular flexibility index (Phi) is 3.90. The van der Waals surface area contributed by atoms with E-state index in [0.717, 1.165) is 12.5 Å². The monoisotopic (exact) mass is 429 g/mol. The molecule has 6 atom stereocenters. The largest absolute Gasteiger partial charge is 0.496 e. The topological polar surface area (TPSA) is 54.5 Å². The number of rotatable bonds is 3. The second kappa shape index (κ2) is 6.37. The number of nitrogens with one attached hydrogen (secondary N) is 1. The first kappa shape index (κ1) is 19.0. The average Bonchev–Trinajstić information content (AvgIpc) is 3.15. The highest BCUT2D eigenvalue weighted by Gasteiger charge is 2.73. The minimum absolute atomic E-state index is 0.0806. The van der Waals surface area contributed by atoms with E-state index >= 15 is 0 Å². The number of urea groups is 1. The Balaban J connectivity index is 1.24. The summed E-state index contributed by atoms with van der Waals surface area (Å²) in [6.07, 6.45) is 0.754. The van der Waals surface area contributed by atoms with Gasteiger partial charge in [-0.3, -0.25) is 9.88 Å². The molecule has 4 fully saturated rings. The van der Waals surface area contributed by atoms with Gasteiger partial charge < -0.3 is 10.1 Å². The molecule has 2 unspecified atom stereocenters. The lowest BCUT2D eigenvalue weighted by atomic mass is 9.90. The van der Waals surface area contributed by atoms with E-state index in [4.69, 9.17) is 4.74 Å². The Bertz CT molecular complexity index is 1060. The lowest BCUT2D eigenvalue weighted by molar-refractivity contribution is -0.138. The van der Waals surface area contributed by atoms with Crippen LogP contribution >= 0.6 is 0 Å². The number of nitrogens with zero attached hydrogens (tertiary/aromatic N) is 2. The lowest BCUT2D eigenvalue weighted by Crippen LogP contribution is -2.46. The molecule has 2 aromatic rings. The van der Waals surface area contributed by atoms with E-state index in [9.17, 15) is 18.0 Å². The third-order valence-corrected chi connectivity index (χ3v) is 7.79. The summed E-state index contributed by atoms with van der Waals surface area (Å²) in [7, 11) is 1.23. The molecule has 5 nitrogen and oxygen atoms in total. The summed E-state index contributed by atoms with van der Waals surface area (Å²) in [4.78, 5) is 18.8. The van der Waals surface area contributed by atoms with Crippen molar-refractivity contribution in [3.05, 3.63) is 53.3 Å². The lowest BCUT2D eigenvalue weighted by Gasteiger charge is -2.26. The molecule has 1 N–H and O–H groups in total. The van der Waals surface area contributed by atoms with Crippen molar-refractivity contribution in [1.82, 2.24) is 10.3 Å². The van der Waals surface area contributed by atoms with Crippen molar-refractivity contribution in [1.29, 1.82) is 0 Å². The van der Waals surface area contributed by atoms with Crippen molar-refractivity contribution in [2.24, 2.45) is 23.7 Å². The van der Waals surface area contributed by atoms with Gasteiger partial charge in [-0.2, -0.15) is 13.2 Å². The minimum atomic E-state index is -4.55. The van der Waals surface area contributed by atoms with Gasteiger partial charge in [0.2, 0.25) is 0 Å². The number of benzene rings is 1. The SMILES string of the molecule is COc1cc2c(cc1C(F)(F)F)N(C(=O)N[C@@H]1C3C4[C@H]3C[C@H]1[C@H]4c1cccnc1)CC2. The first-order valence-electron chi connectivity index (χ1n) is 10.6. The molecule has 0 spiro atoms. The highest BCUT2D eigenvalue weighted by Crippen LogP contribution is 2.75. The van der Waals surface area contributed by atoms with Gasteiger partial charge in [0.1, 0.15) is 5.75 Å². The Morgan fingerprint density at radius 2 is 2.10 bits per heavy atom. The number of carbonyl (C=O) groups excluding carboxylic acids is 1. The molecule has 1 aromatic heterocycles. The van der Waals surface area contributed by atoms with Crippen LogP contribution < -0.4 is 15.0 Å². The van der Waals surface area contributed by atoms with Gasteiger partial charge in [-0.15, -0.1) is 0 Å². The zero-order valence-corrected chi connectivity index (χ0v) is 16.9. The summed E-state index contributed by atoms with van der Waals surface area (Å²) in [5.74, 6) is 2.30. The van der Waals surface area contributed by atoms with Crippen LogP contribution in [0.1, 0.15) is 29.0 Å². The highest BCUT2D eigenvalue weighted by molar-refractivity contribution is 5.95. The van der Waals surface area contributed by atoms with Crippen LogP contribution in [-0.4, -0.2) is 30.7 Å². The Hall–Kier alpha value is -2.77. The highest BCUT2D eigenvalue weighted by atomic mass is 19.4. The van der Waals surface area contributed by atoms with Crippen molar-refractivity contribution < 1.29 is 22.7 Å². The van der Waals surface area contributed by atoms with E-state index in [1.54, 1.807) is 6.20 Å². The average molecular weight is 429 g/mol. The first-order chi connectivity index (χ1) is 14.9. The van der Waals surface area contributed by atoms with Gasteiger partial charge in [0.15, 0.2) is 0 Å². The molecule has 7 rings (SSSR count). The van der Waals surface area contributed by atoms with E-state index in [1.807, 2.05) is 12.3 Å². The van der Waals surface area contributed by atoms with Crippen LogP contribution in [0.15, 0.2) is 36.7 Å². The zero-order chi connectivity index (χ0) is 21.5. The molecule has 4 aliphatic carbocycles. The fourth-order valence-corrected chi connectivity index (χ4v) is 6.64.